The highest BCUT2D eigenvalue weighted by Crippen LogP contribution is 2.52. The molecular formula is C40H68O6Si2. The monoisotopic (exact) mass is 700 g/mol. The van der Waals surface area contributed by atoms with Gasteiger partial charge in [0, 0.05) is 24.2 Å². The van der Waals surface area contributed by atoms with Crippen molar-refractivity contribution in [3.05, 3.63) is 49.1 Å². The van der Waals surface area contributed by atoms with Crippen molar-refractivity contribution in [2.45, 2.75) is 150 Å². The van der Waals surface area contributed by atoms with Crippen molar-refractivity contribution in [3.8, 4) is 0 Å². The summed E-state index contributed by atoms with van der Waals surface area (Å²) in [5.41, 5.74) is -0.150. The first-order valence-corrected chi connectivity index (χ1v) is 24.1. The molecule has 8 atom stereocenters. The summed E-state index contributed by atoms with van der Waals surface area (Å²) in [5, 5.41) is 0. The number of fused-ring (bicyclic) bond motifs is 1. The SMILES string of the molecule is C=CCC(CC)(CC=C)C(=O)O[C@H]1C[C@H](C(C)(C)C)C=C2C=CC[C@H]([C@](C)(C[C@H]3C[C@H](C(C)(C)C)C(O[SiH](C)C)C(=O)O3)O[SiH](C)C)[C@H]21. The molecule has 0 N–H and O–H groups in total. The average Bonchev–Trinajstić information content (AvgIpc) is 2.96. The summed E-state index contributed by atoms with van der Waals surface area (Å²) in [5.74, 6) is -0.0853. The number of rotatable bonds is 14. The van der Waals surface area contributed by atoms with E-state index in [4.69, 9.17) is 18.3 Å². The Morgan fingerprint density at radius 1 is 0.958 bits per heavy atom. The zero-order valence-electron chi connectivity index (χ0n) is 32.4. The fourth-order valence-corrected chi connectivity index (χ4v) is 10.8. The summed E-state index contributed by atoms with van der Waals surface area (Å²) in [7, 11) is -3.02. The quantitative estimate of drug-likeness (QED) is 0.102. The highest BCUT2D eigenvalue weighted by atomic mass is 28.3. The fourth-order valence-electron chi connectivity index (χ4n) is 8.53. The lowest BCUT2D eigenvalue weighted by atomic mass is 9.60. The number of esters is 2. The van der Waals surface area contributed by atoms with Gasteiger partial charge in [0.2, 0.25) is 0 Å². The third kappa shape index (κ3) is 9.52. The van der Waals surface area contributed by atoms with Gasteiger partial charge >= 0.3 is 11.9 Å². The maximum atomic E-state index is 14.3. The molecule has 272 valence electrons. The summed E-state index contributed by atoms with van der Waals surface area (Å²) < 4.78 is 26.4. The molecule has 0 aromatic heterocycles. The largest absolute Gasteiger partial charge is 0.461 e. The molecule has 1 saturated heterocycles. The van der Waals surface area contributed by atoms with Crippen LogP contribution in [0.25, 0.3) is 0 Å². The van der Waals surface area contributed by atoms with E-state index in [1.54, 1.807) is 0 Å². The second-order valence-corrected chi connectivity index (χ2v) is 22.5. The van der Waals surface area contributed by atoms with E-state index in [1.165, 1.54) is 5.57 Å². The van der Waals surface area contributed by atoms with Crippen molar-refractivity contribution in [1.82, 2.24) is 0 Å². The van der Waals surface area contributed by atoms with E-state index in [0.29, 0.717) is 25.7 Å². The predicted molar refractivity (Wildman–Crippen MR) is 203 cm³/mol. The molecule has 0 radical (unpaired) electrons. The first-order chi connectivity index (χ1) is 22.2. The Labute approximate surface area is 296 Å². The van der Waals surface area contributed by atoms with Crippen LogP contribution in [0.15, 0.2) is 49.1 Å². The normalized spacial score (nSPS) is 29.5. The minimum absolute atomic E-state index is 0.00780. The van der Waals surface area contributed by atoms with E-state index >= 15 is 0 Å². The molecule has 1 fully saturated rings. The van der Waals surface area contributed by atoms with Gasteiger partial charge in [-0.25, -0.2) is 4.79 Å². The van der Waals surface area contributed by atoms with Gasteiger partial charge in [0.05, 0.1) is 11.0 Å². The molecule has 8 heteroatoms. The van der Waals surface area contributed by atoms with Crippen LogP contribution in [0.3, 0.4) is 0 Å². The summed E-state index contributed by atoms with van der Waals surface area (Å²) in [6, 6.07) is 0. The zero-order chi connectivity index (χ0) is 36.2. The number of hydrogen-bond donors (Lipinski definition) is 0. The van der Waals surface area contributed by atoms with E-state index in [1.807, 2.05) is 12.2 Å². The Kier molecular flexibility index (Phi) is 13.6. The summed E-state index contributed by atoms with van der Waals surface area (Å²) in [6.07, 6.45) is 14.2. The van der Waals surface area contributed by atoms with Gasteiger partial charge in [0.1, 0.15) is 18.3 Å². The van der Waals surface area contributed by atoms with E-state index < -0.39 is 35.2 Å². The number of cyclic esters (lactones) is 1. The molecule has 2 aliphatic carbocycles. The molecular weight excluding hydrogens is 633 g/mol. The first kappa shape index (κ1) is 40.7. The predicted octanol–water partition coefficient (Wildman–Crippen LogP) is 9.13. The molecule has 0 spiro atoms. The Bertz CT molecular complexity index is 1200. The Balaban J connectivity index is 2.07. The molecule has 0 saturated carbocycles. The van der Waals surface area contributed by atoms with Gasteiger partial charge in [-0.1, -0.05) is 78.8 Å². The Hall–Kier alpha value is -1.75. The minimum atomic E-state index is -1.56. The van der Waals surface area contributed by atoms with Crippen LogP contribution < -0.4 is 0 Å². The zero-order valence-corrected chi connectivity index (χ0v) is 34.7. The second-order valence-electron chi connectivity index (χ2n) is 17.8. The molecule has 48 heavy (non-hydrogen) atoms. The van der Waals surface area contributed by atoms with Crippen molar-refractivity contribution < 1.29 is 27.9 Å². The number of allylic oxidation sites excluding steroid dienone is 5. The molecule has 0 aromatic rings. The van der Waals surface area contributed by atoms with Gasteiger partial charge in [0.15, 0.2) is 18.1 Å². The molecule has 3 rings (SSSR count). The lowest BCUT2D eigenvalue weighted by molar-refractivity contribution is -0.183. The van der Waals surface area contributed by atoms with Crippen LogP contribution in [-0.2, 0) is 27.9 Å². The van der Waals surface area contributed by atoms with Gasteiger partial charge in [-0.2, -0.15) is 0 Å². The standard InChI is InChI=1S/C40H68O6Si2/c1-15-21-40(17-3,22-16-2)36(42)44-32-24-28(37(4,5)6)23-27-19-18-20-30(33(27)32)39(10,46-48(13)14)26-29-25-31(38(7,8)9)34(35(41)43-29)45-47(11)12/h15-16,18-19,23,28-34,47-48H,1-2,17,20-22,24-26H2,3-14H3/t28-,29-,30+,31+,32+,33+,34?,39+/m1/s1. The van der Waals surface area contributed by atoms with Gasteiger partial charge in [0.25, 0.3) is 0 Å². The highest BCUT2D eigenvalue weighted by Gasteiger charge is 2.53. The molecule has 1 unspecified atom stereocenters. The van der Waals surface area contributed by atoms with E-state index in [9.17, 15) is 9.59 Å². The van der Waals surface area contributed by atoms with Gasteiger partial charge in [-0.3, -0.25) is 4.79 Å². The van der Waals surface area contributed by atoms with Gasteiger partial charge < -0.3 is 18.3 Å². The van der Waals surface area contributed by atoms with Gasteiger partial charge in [-0.15, -0.1) is 13.2 Å². The van der Waals surface area contributed by atoms with Crippen LogP contribution in [0.1, 0.15) is 100 Å². The van der Waals surface area contributed by atoms with Crippen LogP contribution in [0.2, 0.25) is 26.2 Å². The molecule has 3 aliphatic rings. The first-order valence-electron chi connectivity index (χ1n) is 18.6. The lowest BCUT2D eigenvalue weighted by Gasteiger charge is -2.52. The van der Waals surface area contributed by atoms with E-state index in [0.717, 1.165) is 19.3 Å². The molecule has 6 nitrogen and oxygen atoms in total. The van der Waals surface area contributed by atoms with Crippen molar-refractivity contribution >= 4 is 30.0 Å². The van der Waals surface area contributed by atoms with Crippen molar-refractivity contribution in [2.75, 3.05) is 0 Å². The molecule has 1 heterocycles. The average molecular weight is 701 g/mol. The van der Waals surface area contributed by atoms with Crippen molar-refractivity contribution in [1.29, 1.82) is 0 Å². The third-order valence-corrected chi connectivity index (χ3v) is 13.0. The maximum Gasteiger partial charge on any atom is 0.334 e. The third-order valence-electron chi connectivity index (χ3n) is 11.2. The van der Waals surface area contributed by atoms with Crippen molar-refractivity contribution in [2.24, 2.45) is 39.9 Å². The number of hydrogen-bond acceptors (Lipinski definition) is 6. The molecule has 0 amide bonds. The fraction of sp³-hybridized carbons (Fsp3) is 0.750. The topological polar surface area (TPSA) is 71.1 Å². The summed E-state index contributed by atoms with van der Waals surface area (Å²) in [6.45, 7) is 34.3. The molecule has 0 aromatic carbocycles. The van der Waals surface area contributed by atoms with Crippen LogP contribution >= 0.6 is 0 Å². The van der Waals surface area contributed by atoms with Crippen LogP contribution in [0.5, 0.6) is 0 Å². The van der Waals surface area contributed by atoms with Crippen molar-refractivity contribution in [3.63, 3.8) is 0 Å². The van der Waals surface area contributed by atoms with Crippen LogP contribution in [-0.4, -0.2) is 53.9 Å². The molecule has 0 bridgehead atoms. The number of ether oxygens (including phenoxy) is 2. The van der Waals surface area contributed by atoms with E-state index in [2.05, 4.69) is 113 Å². The Morgan fingerprint density at radius 2 is 1.58 bits per heavy atom. The summed E-state index contributed by atoms with van der Waals surface area (Å²) in [4.78, 5) is 27.8. The van der Waals surface area contributed by atoms with Gasteiger partial charge in [-0.05, 0) is 94.0 Å². The van der Waals surface area contributed by atoms with Crippen LogP contribution in [0, 0.1) is 39.9 Å². The Morgan fingerprint density at radius 3 is 2.08 bits per heavy atom. The smallest absolute Gasteiger partial charge is 0.334 e. The maximum absolute atomic E-state index is 14.3. The number of carbonyl (C=O) groups excluding carboxylic acids is 2. The summed E-state index contributed by atoms with van der Waals surface area (Å²) >= 11 is 0. The highest BCUT2D eigenvalue weighted by molar-refractivity contribution is 6.48. The second kappa shape index (κ2) is 16.1. The molecule has 1 aliphatic heterocycles. The number of carbonyl (C=O) groups is 2. The van der Waals surface area contributed by atoms with Crippen LogP contribution in [0.4, 0.5) is 0 Å². The lowest BCUT2D eigenvalue weighted by Crippen LogP contribution is -2.55. The minimum Gasteiger partial charge on any atom is -0.461 e. The van der Waals surface area contributed by atoms with E-state index in [-0.39, 0.29) is 58.6 Å².